The zero-order valence-corrected chi connectivity index (χ0v) is 9.91. The third kappa shape index (κ3) is 2.25. The van der Waals surface area contributed by atoms with E-state index in [0.29, 0.717) is 13.1 Å². The molecule has 0 saturated heterocycles. The molecule has 6 nitrogen and oxygen atoms in total. The molecule has 0 fully saturated rings. The molecule has 1 rings (SSSR count). The average Bonchev–Trinajstić information content (AvgIpc) is 2.68. The van der Waals surface area contributed by atoms with E-state index in [0.717, 1.165) is 6.07 Å². The van der Waals surface area contributed by atoms with E-state index in [4.69, 9.17) is 5.11 Å². The highest BCUT2D eigenvalue weighted by atomic mass is 32.2. The molecule has 0 spiro atoms. The summed E-state index contributed by atoms with van der Waals surface area (Å²) >= 11 is 0. The zero-order chi connectivity index (χ0) is 12.3. The Morgan fingerprint density at radius 2 is 2.00 bits per heavy atom. The molecule has 0 radical (unpaired) electrons. The van der Waals surface area contributed by atoms with Gasteiger partial charge in [-0.15, -0.1) is 0 Å². The molecular weight excluding hydrogens is 232 g/mol. The summed E-state index contributed by atoms with van der Waals surface area (Å²) in [7, 11) is -3.58. The number of carbonyl (C=O) groups is 1. The first kappa shape index (κ1) is 12.7. The quantitative estimate of drug-likeness (QED) is 0.801. The number of aromatic nitrogens is 1. The molecule has 0 aromatic carbocycles. The largest absolute Gasteiger partial charge is 0.477 e. The predicted octanol–water partition coefficient (Wildman–Crippen LogP) is 0.743. The Kier molecular flexibility index (Phi) is 3.71. The molecule has 0 unspecified atom stereocenters. The van der Waals surface area contributed by atoms with Crippen molar-refractivity contribution in [2.45, 2.75) is 18.7 Å². The van der Waals surface area contributed by atoms with Crippen LogP contribution in [0.1, 0.15) is 24.3 Å². The van der Waals surface area contributed by atoms with Crippen LogP contribution in [0.15, 0.2) is 17.2 Å². The molecule has 7 heteroatoms. The predicted molar refractivity (Wildman–Crippen MR) is 57.9 cm³/mol. The molecule has 16 heavy (non-hydrogen) atoms. The molecule has 2 N–H and O–H groups in total. The van der Waals surface area contributed by atoms with Gasteiger partial charge in [-0.25, -0.2) is 13.2 Å². The van der Waals surface area contributed by atoms with Crippen molar-refractivity contribution in [2.24, 2.45) is 0 Å². The van der Waals surface area contributed by atoms with Gasteiger partial charge >= 0.3 is 5.97 Å². The summed E-state index contributed by atoms with van der Waals surface area (Å²) in [6.07, 6.45) is 1.19. The summed E-state index contributed by atoms with van der Waals surface area (Å²) in [5, 5.41) is 8.68. The fraction of sp³-hybridized carbons (Fsp3) is 0.444. The lowest BCUT2D eigenvalue weighted by Crippen LogP contribution is -2.30. The van der Waals surface area contributed by atoms with E-state index in [1.54, 1.807) is 13.8 Å². The van der Waals surface area contributed by atoms with Gasteiger partial charge in [-0.2, -0.15) is 4.31 Å². The zero-order valence-electron chi connectivity index (χ0n) is 9.10. The highest BCUT2D eigenvalue weighted by Crippen LogP contribution is 2.16. The number of nitrogens with zero attached hydrogens (tertiary/aromatic N) is 1. The molecule has 90 valence electrons. The topological polar surface area (TPSA) is 90.5 Å². The van der Waals surface area contributed by atoms with Crippen molar-refractivity contribution in [3.8, 4) is 0 Å². The number of nitrogens with one attached hydrogen (secondary N) is 1. The monoisotopic (exact) mass is 246 g/mol. The Hall–Kier alpha value is -1.34. The Balaban J connectivity index is 3.12. The maximum atomic E-state index is 11.9. The number of H-pyrrole nitrogens is 1. The maximum Gasteiger partial charge on any atom is 0.352 e. The number of rotatable bonds is 5. The van der Waals surface area contributed by atoms with E-state index in [-0.39, 0.29) is 10.6 Å². The second-order valence-electron chi connectivity index (χ2n) is 3.14. The van der Waals surface area contributed by atoms with Crippen LogP contribution in [0.25, 0.3) is 0 Å². The van der Waals surface area contributed by atoms with Crippen molar-refractivity contribution < 1.29 is 18.3 Å². The molecule has 0 aliphatic heterocycles. The van der Waals surface area contributed by atoms with Crippen molar-refractivity contribution in [3.63, 3.8) is 0 Å². The molecule has 1 aromatic heterocycles. The van der Waals surface area contributed by atoms with Gasteiger partial charge in [0.15, 0.2) is 0 Å². The van der Waals surface area contributed by atoms with Gasteiger partial charge in [-0.05, 0) is 6.07 Å². The summed E-state index contributed by atoms with van der Waals surface area (Å²) in [5.41, 5.74) is -0.134. The molecule has 0 saturated carbocycles. The standard InChI is InChI=1S/C9H14N2O4S/c1-3-11(4-2)16(14,15)7-5-8(9(12)13)10-6-7/h5-6,10H,3-4H2,1-2H3,(H,12,13). The second kappa shape index (κ2) is 4.67. The fourth-order valence-corrected chi connectivity index (χ4v) is 2.81. The number of hydrogen-bond acceptors (Lipinski definition) is 3. The number of carboxylic acid groups (broad SMARTS) is 1. The minimum absolute atomic E-state index is 0.0198. The van der Waals surface area contributed by atoms with Crippen LogP contribution in [0.5, 0.6) is 0 Å². The molecule has 0 aliphatic rings. The Labute approximate surface area is 93.9 Å². The second-order valence-corrected chi connectivity index (χ2v) is 5.08. The van der Waals surface area contributed by atoms with E-state index in [1.807, 2.05) is 0 Å². The Morgan fingerprint density at radius 3 is 2.38 bits per heavy atom. The van der Waals surface area contributed by atoms with Crippen LogP contribution in [-0.4, -0.2) is 41.9 Å². The van der Waals surface area contributed by atoms with Gasteiger partial charge in [0.1, 0.15) is 10.6 Å². The van der Waals surface area contributed by atoms with E-state index in [1.165, 1.54) is 10.5 Å². The van der Waals surface area contributed by atoms with Gasteiger partial charge in [0, 0.05) is 19.3 Å². The number of aromatic carboxylic acids is 1. The van der Waals surface area contributed by atoms with Gasteiger partial charge in [0.2, 0.25) is 10.0 Å². The van der Waals surface area contributed by atoms with E-state index in [9.17, 15) is 13.2 Å². The lowest BCUT2D eigenvalue weighted by molar-refractivity contribution is 0.0691. The lowest BCUT2D eigenvalue weighted by Gasteiger charge is -2.16. The fourth-order valence-electron chi connectivity index (χ4n) is 1.36. The first-order chi connectivity index (χ1) is 7.43. The van der Waals surface area contributed by atoms with E-state index < -0.39 is 16.0 Å². The number of sulfonamides is 1. The Morgan fingerprint density at radius 1 is 1.44 bits per heavy atom. The van der Waals surface area contributed by atoms with Crippen LogP contribution >= 0.6 is 0 Å². The normalized spacial score (nSPS) is 11.9. The first-order valence-corrected chi connectivity index (χ1v) is 6.29. The SMILES string of the molecule is CCN(CC)S(=O)(=O)c1c[nH]c(C(=O)O)c1. The highest BCUT2D eigenvalue weighted by Gasteiger charge is 2.23. The Bertz CT molecular complexity index is 473. The molecular formula is C9H14N2O4S. The summed E-state index contributed by atoms with van der Waals surface area (Å²) in [6.45, 7) is 4.16. The van der Waals surface area contributed by atoms with Crippen LogP contribution < -0.4 is 0 Å². The lowest BCUT2D eigenvalue weighted by atomic mass is 10.4. The minimum atomic E-state index is -3.58. The summed E-state index contributed by atoms with van der Waals surface area (Å²) < 4.78 is 25.2. The molecule has 0 bridgehead atoms. The third-order valence-electron chi connectivity index (χ3n) is 2.23. The van der Waals surface area contributed by atoms with Crippen LogP contribution in [0.3, 0.4) is 0 Å². The number of hydrogen-bond donors (Lipinski definition) is 2. The van der Waals surface area contributed by atoms with Crippen molar-refractivity contribution >= 4 is 16.0 Å². The minimum Gasteiger partial charge on any atom is -0.477 e. The van der Waals surface area contributed by atoms with Gasteiger partial charge in [-0.1, -0.05) is 13.8 Å². The number of aromatic amines is 1. The summed E-state index contributed by atoms with van der Waals surface area (Å²) in [4.78, 5) is 13.0. The smallest absolute Gasteiger partial charge is 0.352 e. The van der Waals surface area contributed by atoms with E-state index in [2.05, 4.69) is 4.98 Å². The van der Waals surface area contributed by atoms with Crippen molar-refractivity contribution in [2.75, 3.05) is 13.1 Å². The van der Waals surface area contributed by atoms with Crippen molar-refractivity contribution in [3.05, 3.63) is 18.0 Å². The molecule has 0 aliphatic carbocycles. The van der Waals surface area contributed by atoms with Gasteiger partial charge in [-0.3, -0.25) is 0 Å². The number of carboxylic acids is 1. The van der Waals surface area contributed by atoms with E-state index >= 15 is 0 Å². The molecule has 0 atom stereocenters. The summed E-state index contributed by atoms with van der Waals surface area (Å²) in [5.74, 6) is -1.18. The average molecular weight is 246 g/mol. The molecule has 1 aromatic rings. The third-order valence-corrected chi connectivity index (χ3v) is 4.26. The maximum absolute atomic E-state index is 11.9. The first-order valence-electron chi connectivity index (χ1n) is 4.85. The van der Waals surface area contributed by atoms with Crippen molar-refractivity contribution in [1.29, 1.82) is 0 Å². The van der Waals surface area contributed by atoms with Crippen LogP contribution in [-0.2, 0) is 10.0 Å². The van der Waals surface area contributed by atoms with Gasteiger partial charge < -0.3 is 10.1 Å². The van der Waals surface area contributed by atoms with Gasteiger partial charge in [0.05, 0.1) is 0 Å². The van der Waals surface area contributed by atoms with Gasteiger partial charge in [0.25, 0.3) is 0 Å². The van der Waals surface area contributed by atoms with Crippen molar-refractivity contribution in [1.82, 2.24) is 9.29 Å². The van der Waals surface area contributed by atoms with Crippen LogP contribution in [0.2, 0.25) is 0 Å². The van der Waals surface area contributed by atoms with Crippen LogP contribution in [0.4, 0.5) is 0 Å². The molecule has 1 heterocycles. The van der Waals surface area contributed by atoms with Crippen LogP contribution in [0, 0.1) is 0 Å². The highest BCUT2D eigenvalue weighted by molar-refractivity contribution is 7.89. The molecule has 0 amide bonds. The summed E-state index contributed by atoms with van der Waals surface area (Å²) in [6, 6.07) is 1.12.